The van der Waals surface area contributed by atoms with Crippen molar-refractivity contribution in [1.29, 1.82) is 0 Å². The van der Waals surface area contributed by atoms with Crippen LogP contribution in [-0.2, 0) is 0 Å². The Kier molecular flexibility index (Phi) is 5.30. The molecule has 2 aromatic carbocycles. The van der Waals surface area contributed by atoms with Gasteiger partial charge in [0.05, 0.1) is 6.20 Å². The SMILES string of the molecule is Cc1ccc(C(=O)[C@@H](NC(=O)c2ccccc2)n2cc(F)c(=O)[nH]c2=O)cc1. The Morgan fingerprint density at radius 1 is 1.00 bits per heavy atom. The maximum Gasteiger partial charge on any atom is 0.330 e. The molecule has 8 heteroatoms. The number of halogens is 1. The number of aryl methyl sites for hydroxylation is 1. The Morgan fingerprint density at radius 3 is 2.29 bits per heavy atom. The Morgan fingerprint density at radius 2 is 1.64 bits per heavy atom. The zero-order chi connectivity index (χ0) is 20.3. The molecule has 0 aliphatic rings. The first-order valence-electron chi connectivity index (χ1n) is 8.34. The number of hydrogen-bond acceptors (Lipinski definition) is 4. The molecule has 0 saturated heterocycles. The summed E-state index contributed by atoms with van der Waals surface area (Å²) in [5.74, 6) is -2.53. The lowest BCUT2D eigenvalue weighted by Crippen LogP contribution is -2.44. The molecule has 1 heterocycles. The Balaban J connectivity index is 2.06. The van der Waals surface area contributed by atoms with E-state index in [1.165, 1.54) is 24.3 Å². The molecular formula is C20H16FN3O4. The van der Waals surface area contributed by atoms with Crippen molar-refractivity contribution >= 4 is 11.7 Å². The summed E-state index contributed by atoms with van der Waals surface area (Å²) in [5.41, 5.74) is -0.860. The van der Waals surface area contributed by atoms with Crippen LogP contribution in [0.25, 0.3) is 0 Å². The van der Waals surface area contributed by atoms with Crippen molar-refractivity contribution in [3.8, 4) is 0 Å². The number of carbonyl (C=O) groups excluding carboxylic acids is 2. The van der Waals surface area contributed by atoms with Crippen LogP contribution in [0, 0.1) is 12.7 Å². The Hall–Kier alpha value is -3.81. The number of rotatable bonds is 5. The summed E-state index contributed by atoms with van der Waals surface area (Å²) in [4.78, 5) is 50.8. The van der Waals surface area contributed by atoms with E-state index < -0.39 is 34.9 Å². The highest BCUT2D eigenvalue weighted by Crippen LogP contribution is 2.13. The molecule has 0 spiro atoms. The largest absolute Gasteiger partial charge is 0.330 e. The number of aromatic amines is 1. The summed E-state index contributed by atoms with van der Waals surface area (Å²) in [6.07, 6.45) is -0.947. The van der Waals surface area contributed by atoms with Gasteiger partial charge >= 0.3 is 5.69 Å². The Bertz CT molecular complexity index is 1130. The molecule has 0 unspecified atom stereocenters. The number of Topliss-reactive ketones (excluding diaryl/α,β-unsaturated/α-hetero) is 1. The number of amides is 1. The summed E-state index contributed by atoms with van der Waals surface area (Å²) >= 11 is 0. The first-order valence-corrected chi connectivity index (χ1v) is 8.34. The minimum absolute atomic E-state index is 0.211. The molecule has 1 aromatic heterocycles. The highest BCUT2D eigenvalue weighted by molar-refractivity contribution is 6.03. The lowest BCUT2D eigenvalue weighted by atomic mass is 10.1. The molecular weight excluding hydrogens is 365 g/mol. The minimum atomic E-state index is -1.55. The zero-order valence-electron chi connectivity index (χ0n) is 14.8. The monoisotopic (exact) mass is 381 g/mol. The predicted molar refractivity (Wildman–Crippen MR) is 99.7 cm³/mol. The van der Waals surface area contributed by atoms with Crippen molar-refractivity contribution in [2.45, 2.75) is 13.1 Å². The molecule has 0 bridgehead atoms. The van der Waals surface area contributed by atoms with Crippen LogP contribution < -0.4 is 16.6 Å². The molecule has 142 valence electrons. The molecule has 1 atom stereocenters. The second-order valence-electron chi connectivity index (χ2n) is 6.12. The lowest BCUT2D eigenvalue weighted by Gasteiger charge is -2.20. The van der Waals surface area contributed by atoms with Gasteiger partial charge in [-0.25, -0.2) is 4.79 Å². The number of H-pyrrole nitrogens is 1. The van der Waals surface area contributed by atoms with E-state index in [1.54, 1.807) is 35.3 Å². The van der Waals surface area contributed by atoms with Crippen molar-refractivity contribution in [2.24, 2.45) is 0 Å². The van der Waals surface area contributed by atoms with E-state index in [9.17, 15) is 23.6 Å². The predicted octanol–water partition coefficient (Wildman–Crippen LogP) is 1.80. The van der Waals surface area contributed by atoms with Crippen molar-refractivity contribution in [3.05, 3.63) is 104 Å². The zero-order valence-corrected chi connectivity index (χ0v) is 14.8. The summed E-state index contributed by atoms with van der Waals surface area (Å²) in [5, 5.41) is 2.44. The first-order chi connectivity index (χ1) is 13.4. The maximum absolute atomic E-state index is 13.8. The third-order valence-electron chi connectivity index (χ3n) is 4.09. The lowest BCUT2D eigenvalue weighted by molar-refractivity contribution is 0.0811. The fraction of sp³-hybridized carbons (Fsp3) is 0.100. The third-order valence-corrected chi connectivity index (χ3v) is 4.09. The average Bonchev–Trinajstić information content (AvgIpc) is 2.70. The third kappa shape index (κ3) is 3.96. The van der Waals surface area contributed by atoms with E-state index in [-0.39, 0.29) is 11.1 Å². The van der Waals surface area contributed by atoms with Crippen LogP contribution in [0.1, 0.15) is 32.4 Å². The van der Waals surface area contributed by atoms with Gasteiger partial charge in [0.2, 0.25) is 11.6 Å². The van der Waals surface area contributed by atoms with Crippen molar-refractivity contribution in [2.75, 3.05) is 0 Å². The van der Waals surface area contributed by atoms with Crippen molar-refractivity contribution in [1.82, 2.24) is 14.9 Å². The standard InChI is InChI=1S/C20H16FN3O4/c1-12-7-9-13(10-8-12)16(25)17(22-18(26)14-5-3-2-4-6-14)24-11-15(21)19(27)23-20(24)28/h2-11,17H,1H3,(H,22,26)(H,23,27,28)/t17-/m0/s1. The summed E-state index contributed by atoms with van der Waals surface area (Å²) < 4.78 is 14.4. The summed E-state index contributed by atoms with van der Waals surface area (Å²) in [6, 6.07) is 14.5. The van der Waals surface area contributed by atoms with Crippen LogP contribution in [0.15, 0.2) is 70.4 Å². The highest BCUT2D eigenvalue weighted by Gasteiger charge is 2.26. The van der Waals surface area contributed by atoms with E-state index in [0.717, 1.165) is 5.56 Å². The molecule has 0 radical (unpaired) electrons. The fourth-order valence-electron chi connectivity index (χ4n) is 2.59. The molecule has 0 fully saturated rings. The fourth-order valence-corrected chi connectivity index (χ4v) is 2.59. The van der Waals surface area contributed by atoms with Gasteiger partial charge in [-0.1, -0.05) is 48.0 Å². The van der Waals surface area contributed by atoms with Gasteiger partial charge in [0, 0.05) is 11.1 Å². The number of carbonyl (C=O) groups is 2. The highest BCUT2D eigenvalue weighted by atomic mass is 19.1. The number of hydrogen-bond donors (Lipinski definition) is 2. The van der Waals surface area contributed by atoms with Gasteiger partial charge in [0.1, 0.15) is 0 Å². The molecule has 28 heavy (non-hydrogen) atoms. The van der Waals surface area contributed by atoms with Crippen LogP contribution in [0.2, 0.25) is 0 Å². The number of ketones is 1. The van der Waals surface area contributed by atoms with Gasteiger partial charge in [-0.05, 0) is 19.1 Å². The van der Waals surface area contributed by atoms with Crippen LogP contribution in [0.4, 0.5) is 4.39 Å². The van der Waals surface area contributed by atoms with E-state index in [2.05, 4.69) is 5.32 Å². The molecule has 0 aliphatic heterocycles. The number of nitrogens with zero attached hydrogens (tertiary/aromatic N) is 1. The molecule has 0 aliphatic carbocycles. The van der Waals surface area contributed by atoms with Crippen LogP contribution in [0.3, 0.4) is 0 Å². The Labute approximate surface area is 158 Å². The maximum atomic E-state index is 13.8. The number of aromatic nitrogens is 2. The summed E-state index contributed by atoms with van der Waals surface area (Å²) in [7, 11) is 0. The summed E-state index contributed by atoms with van der Waals surface area (Å²) in [6.45, 7) is 1.84. The minimum Gasteiger partial charge on any atom is -0.325 e. The first kappa shape index (κ1) is 19.0. The molecule has 3 aromatic rings. The van der Waals surface area contributed by atoms with Gasteiger partial charge < -0.3 is 5.32 Å². The van der Waals surface area contributed by atoms with Gasteiger partial charge in [0.25, 0.3) is 11.5 Å². The average molecular weight is 381 g/mol. The van der Waals surface area contributed by atoms with Gasteiger partial charge in [-0.15, -0.1) is 0 Å². The van der Waals surface area contributed by atoms with Crippen LogP contribution in [-0.4, -0.2) is 21.2 Å². The van der Waals surface area contributed by atoms with Gasteiger partial charge in [-0.2, -0.15) is 4.39 Å². The number of benzene rings is 2. The van der Waals surface area contributed by atoms with E-state index in [0.29, 0.717) is 10.8 Å². The quantitative estimate of drug-likeness (QED) is 0.658. The normalized spacial score (nSPS) is 11.6. The van der Waals surface area contributed by atoms with E-state index in [4.69, 9.17) is 0 Å². The van der Waals surface area contributed by atoms with E-state index >= 15 is 0 Å². The second-order valence-corrected chi connectivity index (χ2v) is 6.12. The van der Waals surface area contributed by atoms with Crippen LogP contribution >= 0.6 is 0 Å². The molecule has 3 rings (SSSR count). The molecule has 0 saturated carbocycles. The van der Waals surface area contributed by atoms with Crippen LogP contribution in [0.5, 0.6) is 0 Å². The van der Waals surface area contributed by atoms with Gasteiger partial charge in [-0.3, -0.25) is 23.9 Å². The van der Waals surface area contributed by atoms with Gasteiger partial charge in [0.15, 0.2) is 6.17 Å². The smallest absolute Gasteiger partial charge is 0.325 e. The molecule has 7 nitrogen and oxygen atoms in total. The number of nitrogens with one attached hydrogen (secondary N) is 2. The molecule has 2 N–H and O–H groups in total. The van der Waals surface area contributed by atoms with Crippen molar-refractivity contribution < 1.29 is 14.0 Å². The topological polar surface area (TPSA) is 101 Å². The van der Waals surface area contributed by atoms with Crippen molar-refractivity contribution in [3.63, 3.8) is 0 Å². The van der Waals surface area contributed by atoms with E-state index in [1.807, 2.05) is 6.92 Å². The second kappa shape index (κ2) is 7.83. The molecule has 1 amide bonds.